The second kappa shape index (κ2) is 13.8. The van der Waals surface area contributed by atoms with Crippen LogP contribution in [0.1, 0.15) is 85.1 Å². The predicted octanol–water partition coefficient (Wildman–Crippen LogP) is 7.58. The van der Waals surface area contributed by atoms with E-state index in [-0.39, 0.29) is 22.8 Å². The molecule has 1 fully saturated rings. The number of amides is 1. The maximum absolute atomic E-state index is 13.3. The molecule has 1 N–H and O–H groups in total. The zero-order valence-electron chi connectivity index (χ0n) is 28.4. The molecule has 0 saturated heterocycles. The Bertz CT molecular complexity index is 1810. The van der Waals surface area contributed by atoms with E-state index in [0.717, 1.165) is 66.5 Å². The lowest BCUT2D eigenvalue weighted by Crippen LogP contribution is -2.52. The van der Waals surface area contributed by atoms with Crippen molar-refractivity contribution in [1.29, 1.82) is 0 Å². The molecule has 3 aromatic rings. The van der Waals surface area contributed by atoms with Crippen molar-refractivity contribution in [3.05, 3.63) is 86.3 Å². The highest BCUT2D eigenvalue weighted by atomic mass is 35.5. The standard InChI is InChI=1S/C37H46ClN3O5S2/c1-6-7-17-37(45-5,34-21-47-25(4)39-34)31-13-10-28(31)20-41-22-36(16-8-9-26-18-29(38)12-14-30(26)36)23-46-33-15-11-27(19-32(33)41)35(42)40-48(43,44)24(2)3/h7,11-12,14-15,17-19,21,24,28,31H,6,8-10,13,16,20,22-23H2,1-5H3,(H,40,42)/b17-7+/t28-,31+,36-,37-/m0/s1. The van der Waals surface area contributed by atoms with Crippen LogP contribution in [0.5, 0.6) is 5.75 Å². The molecule has 0 unspecified atom stereocenters. The largest absolute Gasteiger partial charge is 0.490 e. The second-order valence-electron chi connectivity index (χ2n) is 13.8. The molecule has 1 spiro atoms. The Balaban J connectivity index is 1.40. The van der Waals surface area contributed by atoms with Gasteiger partial charge in [-0.3, -0.25) is 4.79 Å². The van der Waals surface area contributed by atoms with Gasteiger partial charge in [-0.2, -0.15) is 0 Å². The van der Waals surface area contributed by atoms with Gasteiger partial charge in [-0.15, -0.1) is 11.3 Å². The summed E-state index contributed by atoms with van der Waals surface area (Å²) in [5, 5.41) is 3.13. The summed E-state index contributed by atoms with van der Waals surface area (Å²) in [5.41, 5.74) is 3.61. The number of fused-ring (bicyclic) bond motifs is 3. The van der Waals surface area contributed by atoms with Crippen molar-refractivity contribution >= 4 is 44.6 Å². The number of ether oxygens (including phenoxy) is 2. The van der Waals surface area contributed by atoms with E-state index in [0.29, 0.717) is 18.9 Å². The molecule has 0 radical (unpaired) electrons. The van der Waals surface area contributed by atoms with Crippen LogP contribution in [-0.4, -0.2) is 51.4 Å². The minimum Gasteiger partial charge on any atom is -0.490 e. The number of sulfonamides is 1. The van der Waals surface area contributed by atoms with Gasteiger partial charge in [0.15, 0.2) is 0 Å². The lowest BCUT2D eigenvalue weighted by Gasteiger charge is -2.50. The maximum Gasteiger partial charge on any atom is 0.264 e. The van der Waals surface area contributed by atoms with Gasteiger partial charge in [-0.1, -0.05) is 36.7 Å². The topological polar surface area (TPSA) is 97.8 Å². The maximum atomic E-state index is 13.3. The molecule has 2 aliphatic carbocycles. The number of rotatable bonds is 10. The number of anilines is 1. The summed E-state index contributed by atoms with van der Waals surface area (Å²) in [5.74, 6) is 0.497. The number of carbonyl (C=O) groups excluding carboxylic acids is 1. The van der Waals surface area contributed by atoms with E-state index >= 15 is 0 Å². The molecule has 258 valence electrons. The molecule has 1 amide bonds. The number of nitrogens with zero attached hydrogens (tertiary/aromatic N) is 2. The lowest BCUT2D eigenvalue weighted by molar-refractivity contribution is -0.0827. The summed E-state index contributed by atoms with van der Waals surface area (Å²) in [6, 6.07) is 11.5. The van der Waals surface area contributed by atoms with Gasteiger partial charge in [0.2, 0.25) is 10.0 Å². The first-order valence-corrected chi connectivity index (χ1v) is 19.7. The SMILES string of the molecule is CC/C=C/[C@@](OC)(c1csc(C)n1)[C@@H]1CC[C@H]1CN1C[C@@]2(CCCc3cc(Cl)ccc32)COc2ccc(C(=O)NS(=O)(=O)C(C)C)cc21. The fraction of sp³-hybridized carbons (Fsp3) is 0.514. The van der Waals surface area contributed by atoms with Crippen LogP contribution in [0.4, 0.5) is 5.69 Å². The van der Waals surface area contributed by atoms with Crippen LogP contribution in [0.3, 0.4) is 0 Å². The number of thiazole rings is 1. The molecular weight excluding hydrogens is 666 g/mol. The zero-order chi connectivity index (χ0) is 34.3. The van der Waals surface area contributed by atoms with Crippen LogP contribution in [0.2, 0.25) is 5.02 Å². The Morgan fingerprint density at radius 2 is 2.08 bits per heavy atom. The van der Waals surface area contributed by atoms with Crippen LogP contribution in [0.25, 0.3) is 0 Å². The zero-order valence-corrected chi connectivity index (χ0v) is 30.8. The number of hydrogen-bond acceptors (Lipinski definition) is 8. The number of nitrogens with one attached hydrogen (secondary N) is 1. The van der Waals surface area contributed by atoms with E-state index in [4.69, 9.17) is 26.1 Å². The van der Waals surface area contributed by atoms with Crippen LogP contribution < -0.4 is 14.4 Å². The van der Waals surface area contributed by atoms with Crippen molar-refractivity contribution < 1.29 is 22.7 Å². The Labute approximate surface area is 293 Å². The molecular formula is C37H46ClN3O5S2. The van der Waals surface area contributed by atoms with E-state index in [1.807, 2.05) is 19.1 Å². The first-order valence-electron chi connectivity index (χ1n) is 16.9. The van der Waals surface area contributed by atoms with E-state index in [1.165, 1.54) is 11.1 Å². The number of hydrogen-bond donors (Lipinski definition) is 1. The Morgan fingerprint density at radius 1 is 1.27 bits per heavy atom. The molecule has 4 atom stereocenters. The minimum absolute atomic E-state index is 0.190. The predicted molar refractivity (Wildman–Crippen MR) is 193 cm³/mol. The summed E-state index contributed by atoms with van der Waals surface area (Å²) in [6.45, 7) is 9.15. The summed E-state index contributed by atoms with van der Waals surface area (Å²) >= 11 is 8.10. The molecule has 11 heteroatoms. The molecule has 1 aliphatic heterocycles. The molecule has 3 aliphatic rings. The van der Waals surface area contributed by atoms with Crippen LogP contribution in [0, 0.1) is 18.8 Å². The van der Waals surface area contributed by atoms with Gasteiger partial charge in [0.05, 0.1) is 28.2 Å². The van der Waals surface area contributed by atoms with Crippen LogP contribution in [0.15, 0.2) is 53.9 Å². The minimum atomic E-state index is -3.80. The molecule has 1 aromatic heterocycles. The fourth-order valence-corrected chi connectivity index (χ4v) is 9.23. The van der Waals surface area contributed by atoms with Gasteiger partial charge in [-0.05, 0) is 107 Å². The van der Waals surface area contributed by atoms with Gasteiger partial charge in [0.1, 0.15) is 11.4 Å². The number of aryl methyl sites for hydroxylation is 2. The summed E-state index contributed by atoms with van der Waals surface area (Å²) in [6.07, 6.45) is 10.3. The van der Waals surface area contributed by atoms with Crippen molar-refractivity contribution in [1.82, 2.24) is 9.71 Å². The van der Waals surface area contributed by atoms with Crippen LogP contribution >= 0.6 is 22.9 Å². The van der Waals surface area contributed by atoms with Crippen molar-refractivity contribution in [3.63, 3.8) is 0 Å². The van der Waals surface area contributed by atoms with Crippen molar-refractivity contribution in [3.8, 4) is 5.75 Å². The first kappa shape index (κ1) is 34.9. The smallest absolute Gasteiger partial charge is 0.264 e. The van der Waals surface area contributed by atoms with Gasteiger partial charge in [0.25, 0.3) is 5.91 Å². The number of halogens is 1. The molecule has 6 rings (SSSR count). The fourth-order valence-electron chi connectivity index (χ4n) is 7.76. The van der Waals surface area contributed by atoms with E-state index in [1.54, 1.807) is 44.4 Å². The highest BCUT2D eigenvalue weighted by Crippen LogP contribution is 2.52. The van der Waals surface area contributed by atoms with Crippen molar-refractivity contribution in [2.75, 3.05) is 31.7 Å². The number of methoxy groups -OCH3 is 1. The van der Waals surface area contributed by atoms with E-state index in [2.05, 4.69) is 46.2 Å². The van der Waals surface area contributed by atoms with Crippen molar-refractivity contribution in [2.45, 2.75) is 82.5 Å². The highest BCUT2D eigenvalue weighted by molar-refractivity contribution is 7.90. The average molecular weight is 712 g/mol. The van der Waals surface area contributed by atoms with Gasteiger partial charge in [-0.25, -0.2) is 18.1 Å². The normalized spacial score (nSPS) is 23.6. The number of benzene rings is 2. The third-order valence-corrected chi connectivity index (χ3v) is 13.3. The molecule has 2 aromatic carbocycles. The third kappa shape index (κ3) is 6.53. The monoisotopic (exact) mass is 711 g/mol. The third-order valence-electron chi connectivity index (χ3n) is 10.5. The Hall–Kier alpha value is -2.92. The van der Waals surface area contributed by atoms with Gasteiger partial charge < -0.3 is 14.4 Å². The number of allylic oxidation sites excluding steroid dienone is 1. The van der Waals surface area contributed by atoms with Gasteiger partial charge >= 0.3 is 0 Å². The molecule has 48 heavy (non-hydrogen) atoms. The van der Waals surface area contributed by atoms with E-state index < -0.39 is 26.8 Å². The summed E-state index contributed by atoms with van der Waals surface area (Å²) in [4.78, 5) is 20.6. The first-order chi connectivity index (χ1) is 22.9. The number of aromatic nitrogens is 1. The quantitative estimate of drug-likeness (QED) is 0.217. The van der Waals surface area contributed by atoms with Crippen LogP contribution in [-0.2, 0) is 32.2 Å². The summed E-state index contributed by atoms with van der Waals surface area (Å²) in [7, 11) is -2.01. The molecule has 8 nitrogen and oxygen atoms in total. The molecule has 1 saturated carbocycles. The highest BCUT2D eigenvalue weighted by Gasteiger charge is 2.50. The Kier molecular flexibility index (Phi) is 10.0. The Morgan fingerprint density at radius 3 is 2.75 bits per heavy atom. The summed E-state index contributed by atoms with van der Waals surface area (Å²) < 4.78 is 40.5. The van der Waals surface area contributed by atoms with Gasteiger partial charge in [0, 0.05) is 47.5 Å². The van der Waals surface area contributed by atoms with E-state index in [9.17, 15) is 13.2 Å². The average Bonchev–Trinajstić information content (AvgIpc) is 3.43. The lowest BCUT2D eigenvalue weighted by atomic mass is 9.63. The number of carbonyl (C=O) groups is 1. The van der Waals surface area contributed by atoms with Crippen molar-refractivity contribution in [2.24, 2.45) is 11.8 Å². The second-order valence-corrected chi connectivity index (χ2v) is 17.6. The molecule has 2 heterocycles. The molecule has 0 bridgehead atoms.